The largest absolute Gasteiger partial charge is 0.396 e. The monoisotopic (exact) mass is 228 g/mol. The summed E-state index contributed by atoms with van der Waals surface area (Å²) in [6, 6.07) is 0.236. The topological polar surface area (TPSA) is 52.6 Å². The van der Waals surface area contributed by atoms with Crippen molar-refractivity contribution < 1.29 is 9.90 Å². The van der Waals surface area contributed by atoms with Gasteiger partial charge in [0.05, 0.1) is 0 Å². The maximum absolute atomic E-state index is 11.5. The van der Waals surface area contributed by atoms with Gasteiger partial charge in [0.1, 0.15) is 0 Å². The third kappa shape index (κ3) is 5.47. The molecule has 0 aromatic carbocycles. The van der Waals surface area contributed by atoms with Gasteiger partial charge in [0.2, 0.25) is 5.91 Å². The molecule has 16 heavy (non-hydrogen) atoms. The van der Waals surface area contributed by atoms with Gasteiger partial charge in [0, 0.05) is 25.6 Å². The summed E-state index contributed by atoms with van der Waals surface area (Å²) in [6.07, 6.45) is 4.60. The molecule has 1 heterocycles. The quantitative estimate of drug-likeness (QED) is 0.632. The number of carbonyl (C=O) groups is 1. The van der Waals surface area contributed by atoms with Gasteiger partial charge in [-0.05, 0) is 45.7 Å². The van der Waals surface area contributed by atoms with Gasteiger partial charge in [-0.25, -0.2) is 0 Å². The molecule has 1 unspecified atom stereocenters. The van der Waals surface area contributed by atoms with Crippen LogP contribution in [0.4, 0.5) is 0 Å². The van der Waals surface area contributed by atoms with Gasteiger partial charge in [0.15, 0.2) is 0 Å². The Morgan fingerprint density at radius 1 is 1.38 bits per heavy atom. The molecule has 0 radical (unpaired) electrons. The summed E-state index contributed by atoms with van der Waals surface area (Å²) >= 11 is 0. The maximum Gasteiger partial charge on any atom is 0.220 e. The molecule has 1 saturated heterocycles. The Bertz CT molecular complexity index is 203. The molecule has 1 atom stereocenters. The van der Waals surface area contributed by atoms with E-state index in [1.54, 1.807) is 0 Å². The Hall–Kier alpha value is -0.610. The first-order valence-corrected chi connectivity index (χ1v) is 6.35. The van der Waals surface area contributed by atoms with Crippen molar-refractivity contribution in [2.24, 2.45) is 0 Å². The van der Waals surface area contributed by atoms with Gasteiger partial charge in [-0.15, -0.1) is 0 Å². The SMILES string of the molecule is CC(CN1CCCC1)NC(=O)CCCCO. The Labute approximate surface area is 98.0 Å². The fourth-order valence-corrected chi connectivity index (χ4v) is 2.14. The highest BCUT2D eigenvalue weighted by molar-refractivity contribution is 5.76. The molecule has 0 aromatic heterocycles. The van der Waals surface area contributed by atoms with Gasteiger partial charge in [-0.1, -0.05) is 0 Å². The van der Waals surface area contributed by atoms with Crippen molar-refractivity contribution in [3.63, 3.8) is 0 Å². The van der Waals surface area contributed by atoms with Crippen LogP contribution in [0.2, 0.25) is 0 Å². The summed E-state index contributed by atoms with van der Waals surface area (Å²) in [7, 11) is 0. The first kappa shape index (κ1) is 13.5. The number of aliphatic hydroxyl groups excluding tert-OH is 1. The van der Waals surface area contributed by atoms with Gasteiger partial charge >= 0.3 is 0 Å². The Kier molecular flexibility index (Phi) is 6.42. The van der Waals surface area contributed by atoms with Crippen molar-refractivity contribution in [2.75, 3.05) is 26.2 Å². The normalized spacial score (nSPS) is 18.6. The molecule has 0 aliphatic carbocycles. The second-order valence-corrected chi connectivity index (χ2v) is 4.66. The number of nitrogens with one attached hydrogen (secondary N) is 1. The van der Waals surface area contributed by atoms with Crippen LogP contribution in [-0.4, -0.2) is 48.2 Å². The highest BCUT2D eigenvalue weighted by Gasteiger charge is 2.15. The van der Waals surface area contributed by atoms with Crippen molar-refractivity contribution in [3.05, 3.63) is 0 Å². The molecule has 0 bridgehead atoms. The third-order valence-electron chi connectivity index (χ3n) is 2.95. The van der Waals surface area contributed by atoms with E-state index in [2.05, 4.69) is 17.1 Å². The molecule has 94 valence electrons. The number of nitrogens with zero attached hydrogens (tertiary/aromatic N) is 1. The molecule has 1 aliphatic heterocycles. The number of likely N-dealkylation sites (tertiary alicyclic amines) is 1. The lowest BCUT2D eigenvalue weighted by Gasteiger charge is -2.21. The van der Waals surface area contributed by atoms with E-state index >= 15 is 0 Å². The van der Waals surface area contributed by atoms with E-state index in [0.717, 1.165) is 13.0 Å². The summed E-state index contributed by atoms with van der Waals surface area (Å²) in [4.78, 5) is 13.9. The molecule has 1 aliphatic rings. The number of carbonyl (C=O) groups excluding carboxylic acids is 1. The standard InChI is InChI=1S/C12H24N2O2/c1-11(10-14-7-3-4-8-14)13-12(16)6-2-5-9-15/h11,15H,2-10H2,1H3,(H,13,16). The van der Waals surface area contributed by atoms with E-state index in [1.165, 1.54) is 25.9 Å². The minimum atomic E-state index is 0.111. The van der Waals surface area contributed by atoms with Gasteiger partial charge in [-0.2, -0.15) is 0 Å². The first-order valence-electron chi connectivity index (χ1n) is 6.35. The zero-order valence-electron chi connectivity index (χ0n) is 10.2. The van der Waals surface area contributed by atoms with E-state index in [0.29, 0.717) is 12.8 Å². The molecule has 4 heteroatoms. The van der Waals surface area contributed by atoms with Crippen LogP contribution in [0, 0.1) is 0 Å². The van der Waals surface area contributed by atoms with Crippen molar-refractivity contribution in [2.45, 2.75) is 45.1 Å². The van der Waals surface area contributed by atoms with Crippen molar-refractivity contribution in [1.29, 1.82) is 0 Å². The Morgan fingerprint density at radius 3 is 2.69 bits per heavy atom. The van der Waals surface area contributed by atoms with Crippen LogP contribution in [0.25, 0.3) is 0 Å². The van der Waals surface area contributed by atoms with E-state index in [9.17, 15) is 4.79 Å². The van der Waals surface area contributed by atoms with Crippen molar-refractivity contribution in [1.82, 2.24) is 10.2 Å². The first-order chi connectivity index (χ1) is 7.72. The Morgan fingerprint density at radius 2 is 2.06 bits per heavy atom. The number of hydrogen-bond acceptors (Lipinski definition) is 3. The average molecular weight is 228 g/mol. The second-order valence-electron chi connectivity index (χ2n) is 4.66. The number of unbranched alkanes of at least 4 members (excludes halogenated alkanes) is 1. The highest BCUT2D eigenvalue weighted by Crippen LogP contribution is 2.07. The van der Waals surface area contributed by atoms with Gasteiger partial charge < -0.3 is 15.3 Å². The maximum atomic E-state index is 11.5. The van der Waals surface area contributed by atoms with Gasteiger partial charge in [-0.3, -0.25) is 4.79 Å². The molecule has 2 N–H and O–H groups in total. The van der Waals surface area contributed by atoms with Crippen LogP contribution >= 0.6 is 0 Å². The Balaban J connectivity index is 2.07. The molecule has 0 aromatic rings. The summed E-state index contributed by atoms with van der Waals surface area (Å²) in [5.74, 6) is 0.111. The molecule has 1 rings (SSSR count). The lowest BCUT2D eigenvalue weighted by Crippen LogP contribution is -2.41. The van der Waals surface area contributed by atoms with E-state index in [4.69, 9.17) is 5.11 Å². The summed E-state index contributed by atoms with van der Waals surface area (Å²) in [5, 5.41) is 11.6. The fourth-order valence-electron chi connectivity index (χ4n) is 2.14. The average Bonchev–Trinajstić information content (AvgIpc) is 2.70. The molecule has 0 saturated carbocycles. The molecular weight excluding hydrogens is 204 g/mol. The van der Waals surface area contributed by atoms with E-state index in [1.807, 2.05) is 0 Å². The van der Waals surface area contributed by atoms with Crippen LogP contribution in [0.15, 0.2) is 0 Å². The van der Waals surface area contributed by atoms with Crippen LogP contribution in [0.5, 0.6) is 0 Å². The summed E-state index contributed by atoms with van der Waals surface area (Å²) < 4.78 is 0. The summed E-state index contributed by atoms with van der Waals surface area (Å²) in [5.41, 5.74) is 0. The van der Waals surface area contributed by atoms with Crippen molar-refractivity contribution in [3.8, 4) is 0 Å². The van der Waals surface area contributed by atoms with E-state index in [-0.39, 0.29) is 18.6 Å². The minimum absolute atomic E-state index is 0.111. The van der Waals surface area contributed by atoms with E-state index < -0.39 is 0 Å². The molecule has 4 nitrogen and oxygen atoms in total. The number of hydrogen-bond donors (Lipinski definition) is 2. The third-order valence-corrected chi connectivity index (χ3v) is 2.95. The highest BCUT2D eigenvalue weighted by atomic mass is 16.2. The number of rotatable bonds is 7. The van der Waals surface area contributed by atoms with Crippen LogP contribution in [0.3, 0.4) is 0 Å². The zero-order valence-corrected chi connectivity index (χ0v) is 10.2. The summed E-state index contributed by atoms with van der Waals surface area (Å²) in [6.45, 7) is 5.54. The van der Waals surface area contributed by atoms with Crippen LogP contribution < -0.4 is 5.32 Å². The predicted octanol–water partition coefficient (Wildman–Crippen LogP) is 0.749. The van der Waals surface area contributed by atoms with Gasteiger partial charge in [0.25, 0.3) is 0 Å². The minimum Gasteiger partial charge on any atom is -0.396 e. The molecule has 1 amide bonds. The van der Waals surface area contributed by atoms with Crippen LogP contribution in [0.1, 0.15) is 39.0 Å². The van der Waals surface area contributed by atoms with Crippen LogP contribution in [-0.2, 0) is 4.79 Å². The van der Waals surface area contributed by atoms with Crippen molar-refractivity contribution >= 4 is 5.91 Å². The number of amides is 1. The smallest absolute Gasteiger partial charge is 0.220 e. The number of aliphatic hydroxyl groups is 1. The predicted molar refractivity (Wildman–Crippen MR) is 64.2 cm³/mol. The lowest BCUT2D eigenvalue weighted by atomic mass is 10.2. The zero-order chi connectivity index (χ0) is 11.8. The molecule has 0 spiro atoms. The molecular formula is C12H24N2O2. The fraction of sp³-hybridized carbons (Fsp3) is 0.917. The molecule has 1 fully saturated rings. The second kappa shape index (κ2) is 7.63. The lowest BCUT2D eigenvalue weighted by molar-refractivity contribution is -0.121.